The molecule has 0 spiro atoms. The monoisotopic (exact) mass is 387 g/mol. The predicted molar refractivity (Wildman–Crippen MR) is 107 cm³/mol. The first-order valence-electron chi connectivity index (χ1n) is 9.37. The number of carbonyl (C=O) groups excluding carboxylic acids is 1. The van der Waals surface area contributed by atoms with Gasteiger partial charge in [0.2, 0.25) is 5.91 Å². The van der Waals surface area contributed by atoms with Crippen molar-refractivity contribution >= 4 is 17.5 Å². The second-order valence-electron chi connectivity index (χ2n) is 8.13. The van der Waals surface area contributed by atoms with Gasteiger partial charge >= 0.3 is 0 Å². The Morgan fingerprint density at radius 1 is 1.15 bits per heavy atom. The molecule has 0 N–H and O–H groups in total. The van der Waals surface area contributed by atoms with E-state index >= 15 is 0 Å². The van der Waals surface area contributed by atoms with Gasteiger partial charge in [-0.3, -0.25) is 9.59 Å². The fourth-order valence-electron chi connectivity index (χ4n) is 3.36. The zero-order valence-electron chi connectivity index (χ0n) is 16.1. The van der Waals surface area contributed by atoms with Gasteiger partial charge < -0.3 is 4.90 Å². The first-order chi connectivity index (χ1) is 12.8. The van der Waals surface area contributed by atoms with E-state index in [-0.39, 0.29) is 22.9 Å². The molecule has 1 aromatic carbocycles. The van der Waals surface area contributed by atoms with Crippen molar-refractivity contribution in [3.63, 3.8) is 0 Å². The van der Waals surface area contributed by atoms with Crippen LogP contribution in [0.3, 0.4) is 0 Å². The number of aromatic nitrogens is 2. The highest BCUT2D eigenvalue weighted by atomic mass is 35.5. The number of hydrogen-bond acceptors (Lipinski definition) is 3. The van der Waals surface area contributed by atoms with E-state index < -0.39 is 0 Å². The second kappa shape index (κ2) is 7.85. The smallest absolute Gasteiger partial charge is 0.267 e. The number of carbonyl (C=O) groups is 1. The second-order valence-corrected chi connectivity index (χ2v) is 8.54. The molecule has 1 fully saturated rings. The van der Waals surface area contributed by atoms with Gasteiger partial charge in [-0.25, -0.2) is 4.68 Å². The van der Waals surface area contributed by atoms with Crippen LogP contribution in [0.5, 0.6) is 0 Å². The van der Waals surface area contributed by atoms with Crippen molar-refractivity contribution < 1.29 is 4.79 Å². The van der Waals surface area contributed by atoms with Gasteiger partial charge in [0.25, 0.3) is 5.56 Å². The minimum Gasteiger partial charge on any atom is -0.342 e. The maximum Gasteiger partial charge on any atom is 0.267 e. The predicted octanol–water partition coefficient (Wildman–Crippen LogP) is 3.60. The number of nitrogens with zero attached hydrogens (tertiary/aromatic N) is 3. The maximum atomic E-state index is 12.6. The van der Waals surface area contributed by atoms with E-state index in [2.05, 4.69) is 25.9 Å². The van der Waals surface area contributed by atoms with E-state index in [1.807, 2.05) is 23.1 Å². The summed E-state index contributed by atoms with van der Waals surface area (Å²) in [6, 6.07) is 10.9. The zero-order valence-corrected chi connectivity index (χ0v) is 16.9. The topological polar surface area (TPSA) is 55.2 Å². The van der Waals surface area contributed by atoms with Gasteiger partial charge in [0, 0.05) is 29.6 Å². The summed E-state index contributed by atoms with van der Waals surface area (Å²) in [7, 11) is 0. The van der Waals surface area contributed by atoms with E-state index in [1.165, 1.54) is 0 Å². The molecular formula is C21H26ClN3O2. The van der Waals surface area contributed by atoms with Crippen molar-refractivity contribution in [2.75, 3.05) is 13.1 Å². The molecule has 0 unspecified atom stereocenters. The molecule has 6 heteroatoms. The third-order valence-corrected chi connectivity index (χ3v) is 5.42. The molecule has 1 aliphatic rings. The molecule has 1 aliphatic heterocycles. The molecule has 27 heavy (non-hydrogen) atoms. The molecule has 5 nitrogen and oxygen atoms in total. The summed E-state index contributed by atoms with van der Waals surface area (Å²) in [5, 5.41) is 5.22. The Bertz CT molecular complexity index is 877. The molecule has 0 aliphatic carbocycles. The molecular weight excluding hydrogens is 362 g/mol. The van der Waals surface area contributed by atoms with Gasteiger partial charge in [-0.1, -0.05) is 50.6 Å². The normalized spacial score (nSPS) is 15.8. The Hall–Kier alpha value is -2.14. The van der Waals surface area contributed by atoms with Crippen LogP contribution in [0.4, 0.5) is 0 Å². The van der Waals surface area contributed by atoms with E-state index in [4.69, 9.17) is 11.6 Å². The van der Waals surface area contributed by atoms with Crippen LogP contribution in [0.1, 0.15) is 50.9 Å². The lowest BCUT2D eigenvalue weighted by Gasteiger charge is -2.33. The highest BCUT2D eigenvalue weighted by molar-refractivity contribution is 6.31. The number of halogens is 1. The molecule has 3 rings (SSSR count). The van der Waals surface area contributed by atoms with E-state index in [0.29, 0.717) is 24.5 Å². The van der Waals surface area contributed by atoms with E-state index in [1.54, 1.807) is 22.9 Å². The molecule has 0 saturated carbocycles. The molecule has 0 bridgehead atoms. The average molecular weight is 388 g/mol. The minimum atomic E-state index is -0.110. The lowest BCUT2D eigenvalue weighted by molar-refractivity contribution is -0.131. The molecule has 0 atom stereocenters. The van der Waals surface area contributed by atoms with Crippen LogP contribution in [0.15, 0.2) is 41.2 Å². The van der Waals surface area contributed by atoms with E-state index in [0.717, 1.165) is 24.1 Å². The molecule has 2 heterocycles. The highest BCUT2D eigenvalue weighted by Crippen LogP contribution is 2.24. The van der Waals surface area contributed by atoms with Crippen LogP contribution in [-0.4, -0.2) is 33.7 Å². The number of likely N-dealkylation sites (tertiary alicyclic amines) is 1. The third kappa shape index (κ3) is 4.59. The van der Waals surface area contributed by atoms with Crippen molar-refractivity contribution in [1.82, 2.24) is 14.7 Å². The van der Waals surface area contributed by atoms with Crippen LogP contribution < -0.4 is 5.56 Å². The number of amides is 1. The molecule has 1 aromatic heterocycles. The minimum absolute atomic E-state index is 0.0316. The fourth-order valence-corrected chi connectivity index (χ4v) is 3.57. The average Bonchev–Trinajstić information content (AvgIpc) is 2.63. The molecule has 2 aromatic rings. The van der Waals surface area contributed by atoms with Crippen molar-refractivity contribution in [3.05, 3.63) is 63.0 Å². The Balaban J connectivity index is 1.66. The van der Waals surface area contributed by atoms with Crippen molar-refractivity contribution in [3.8, 4) is 0 Å². The Morgan fingerprint density at radius 2 is 1.81 bits per heavy atom. The summed E-state index contributed by atoms with van der Waals surface area (Å²) in [5.74, 6) is 0.0744. The Kier molecular flexibility index (Phi) is 5.70. The fraction of sp³-hybridized carbons (Fsp3) is 0.476. The van der Waals surface area contributed by atoms with Crippen LogP contribution >= 0.6 is 11.6 Å². The molecule has 0 radical (unpaired) electrons. The number of hydrogen-bond donors (Lipinski definition) is 0. The first-order valence-corrected chi connectivity index (χ1v) is 9.75. The van der Waals surface area contributed by atoms with Crippen molar-refractivity contribution in [2.45, 2.75) is 51.5 Å². The molecule has 1 saturated heterocycles. The van der Waals surface area contributed by atoms with Gasteiger partial charge in [0.15, 0.2) is 0 Å². The zero-order chi connectivity index (χ0) is 19.6. The highest BCUT2D eigenvalue weighted by Gasteiger charge is 2.26. The summed E-state index contributed by atoms with van der Waals surface area (Å²) in [5.41, 5.74) is 1.56. The third-order valence-electron chi connectivity index (χ3n) is 5.06. The van der Waals surface area contributed by atoms with E-state index in [9.17, 15) is 9.59 Å². The summed E-state index contributed by atoms with van der Waals surface area (Å²) >= 11 is 6.16. The van der Waals surface area contributed by atoms with Gasteiger partial charge in [0.1, 0.15) is 0 Å². The van der Waals surface area contributed by atoms with Gasteiger partial charge in [-0.05, 0) is 30.5 Å². The SMILES string of the molecule is CC(C)(C)c1ccc(=O)n(C2CCN(C(=O)Cc3ccccc3Cl)CC2)n1. The van der Waals surface area contributed by atoms with Crippen molar-refractivity contribution in [2.24, 2.45) is 0 Å². The summed E-state index contributed by atoms with van der Waals surface area (Å²) in [6.45, 7) is 7.50. The standard InChI is InChI=1S/C21H26ClN3O2/c1-21(2,3)18-8-9-19(26)25(23-18)16-10-12-24(13-11-16)20(27)14-15-6-4-5-7-17(15)22/h4-9,16H,10-14H2,1-3H3. The quantitative estimate of drug-likeness (QED) is 0.808. The molecule has 1 amide bonds. The lowest BCUT2D eigenvalue weighted by atomic mass is 9.92. The van der Waals surface area contributed by atoms with Gasteiger partial charge in [-0.2, -0.15) is 5.10 Å². The largest absolute Gasteiger partial charge is 0.342 e. The van der Waals surface area contributed by atoms with Crippen LogP contribution in [-0.2, 0) is 16.6 Å². The Labute approximate surface area is 165 Å². The summed E-state index contributed by atoms with van der Waals surface area (Å²) in [6.07, 6.45) is 1.77. The number of rotatable bonds is 3. The number of piperidine rings is 1. The van der Waals surface area contributed by atoms with Crippen LogP contribution in [0, 0.1) is 0 Å². The first kappa shape index (κ1) is 19.6. The summed E-state index contributed by atoms with van der Waals surface area (Å²) in [4.78, 5) is 26.8. The summed E-state index contributed by atoms with van der Waals surface area (Å²) < 4.78 is 1.61. The van der Waals surface area contributed by atoms with Gasteiger partial charge in [0.05, 0.1) is 18.2 Å². The molecule has 144 valence electrons. The number of benzene rings is 1. The Morgan fingerprint density at radius 3 is 2.44 bits per heavy atom. The lowest BCUT2D eigenvalue weighted by Crippen LogP contribution is -2.42. The van der Waals surface area contributed by atoms with Crippen LogP contribution in [0.25, 0.3) is 0 Å². The van der Waals surface area contributed by atoms with Crippen LogP contribution in [0.2, 0.25) is 5.02 Å². The maximum absolute atomic E-state index is 12.6. The van der Waals surface area contributed by atoms with Gasteiger partial charge in [-0.15, -0.1) is 0 Å². The van der Waals surface area contributed by atoms with Crippen molar-refractivity contribution in [1.29, 1.82) is 0 Å².